The van der Waals surface area contributed by atoms with Gasteiger partial charge in [0.25, 0.3) is 0 Å². The first kappa shape index (κ1) is 15.3. The molecule has 0 aliphatic rings. The van der Waals surface area contributed by atoms with Crippen LogP contribution in [0.4, 0.5) is 8.78 Å². The molecule has 0 N–H and O–H groups in total. The van der Waals surface area contributed by atoms with E-state index in [0.29, 0.717) is 0 Å². The normalized spacial score (nSPS) is 9.39. The van der Waals surface area contributed by atoms with Crippen molar-refractivity contribution >= 4 is 13.6 Å². The molecule has 0 radical (unpaired) electrons. The van der Waals surface area contributed by atoms with Crippen LogP contribution in [0.3, 0.4) is 0 Å². The van der Waals surface area contributed by atoms with Gasteiger partial charge in [-0.05, 0) is 5.56 Å². The molecule has 0 fully saturated rings. The van der Waals surface area contributed by atoms with E-state index in [0.717, 1.165) is 17.7 Å². The molecule has 0 saturated heterocycles. The monoisotopic (exact) mass is 362 g/mol. The van der Waals surface area contributed by atoms with E-state index in [2.05, 4.69) is 19.7 Å². The Balaban J connectivity index is 0.000000771. The van der Waals surface area contributed by atoms with Crippen molar-refractivity contribution in [2.24, 2.45) is 0 Å². The van der Waals surface area contributed by atoms with Crippen LogP contribution in [-0.4, -0.2) is 0 Å². The van der Waals surface area contributed by atoms with Gasteiger partial charge in [0, 0.05) is 11.6 Å². The van der Waals surface area contributed by atoms with Crippen LogP contribution >= 0.6 is 13.6 Å². The van der Waals surface area contributed by atoms with Gasteiger partial charge in [-0.2, -0.15) is 0 Å². The van der Waals surface area contributed by atoms with Crippen LogP contribution in [0.15, 0.2) is 42.5 Å². The van der Waals surface area contributed by atoms with E-state index in [1.165, 1.54) is 16.3 Å². The van der Waals surface area contributed by atoms with Gasteiger partial charge in [-0.3, -0.25) is 8.78 Å². The standard InChI is InChI=1S/C13H9F2O.BrH.Zn/c14-11-6-7-13(12(15)8-11)16-9-10-4-2-1-3-5-10;;/h1-6,8H,9H2;1H;/q-1;;+2/p-1. The van der Waals surface area contributed by atoms with Gasteiger partial charge in [0.15, 0.2) is 0 Å². The molecular weight excluding hydrogens is 355 g/mol. The average Bonchev–Trinajstić information content (AvgIpc) is 2.41. The fourth-order valence-electron chi connectivity index (χ4n) is 1.27. The average molecular weight is 365 g/mol. The van der Waals surface area contributed by atoms with Crippen molar-refractivity contribution in [3.8, 4) is 5.75 Å². The van der Waals surface area contributed by atoms with Crippen LogP contribution in [0, 0.1) is 17.7 Å². The summed E-state index contributed by atoms with van der Waals surface area (Å²) in [6.07, 6.45) is 0. The Labute approximate surface area is 121 Å². The summed E-state index contributed by atoms with van der Waals surface area (Å²) in [5, 5.41) is 0. The molecule has 0 spiro atoms. The van der Waals surface area contributed by atoms with E-state index in [4.69, 9.17) is 4.74 Å². The zero-order valence-corrected chi connectivity index (χ0v) is 14.1. The van der Waals surface area contributed by atoms with Crippen molar-refractivity contribution in [2.45, 2.75) is 6.61 Å². The summed E-state index contributed by atoms with van der Waals surface area (Å²) in [4.78, 5) is 0. The third-order valence-electron chi connectivity index (χ3n) is 2.05. The van der Waals surface area contributed by atoms with Crippen molar-refractivity contribution in [3.05, 3.63) is 65.7 Å². The second-order valence-electron chi connectivity index (χ2n) is 3.27. The molecule has 5 heteroatoms. The second-order valence-corrected chi connectivity index (χ2v) is 3.27. The molecule has 0 saturated carbocycles. The van der Waals surface area contributed by atoms with Gasteiger partial charge >= 0.3 is 30.0 Å². The van der Waals surface area contributed by atoms with Crippen molar-refractivity contribution in [3.63, 3.8) is 0 Å². The van der Waals surface area contributed by atoms with E-state index in [9.17, 15) is 8.78 Å². The third kappa shape index (κ3) is 4.83. The molecule has 1 nitrogen and oxygen atoms in total. The Bertz CT molecular complexity index is 480. The minimum absolute atomic E-state index is 0.0646. The van der Waals surface area contributed by atoms with Crippen molar-refractivity contribution in [1.82, 2.24) is 0 Å². The van der Waals surface area contributed by atoms with Gasteiger partial charge in [0.1, 0.15) is 6.61 Å². The fraction of sp³-hybridized carbons (Fsp3) is 0.0769. The molecule has 0 amide bonds. The van der Waals surface area contributed by atoms with E-state index < -0.39 is 11.6 Å². The van der Waals surface area contributed by atoms with Crippen LogP contribution in [-0.2, 0) is 22.9 Å². The van der Waals surface area contributed by atoms with E-state index in [1.54, 1.807) is 0 Å². The topological polar surface area (TPSA) is 9.23 Å². The van der Waals surface area contributed by atoms with Gasteiger partial charge in [-0.1, -0.05) is 36.4 Å². The Morgan fingerprint density at radius 1 is 1.17 bits per heavy atom. The van der Waals surface area contributed by atoms with Crippen LogP contribution in [0.25, 0.3) is 0 Å². The van der Waals surface area contributed by atoms with Gasteiger partial charge in [-0.15, -0.1) is 12.1 Å². The summed E-state index contributed by atoms with van der Waals surface area (Å²) in [6.45, 7) is 0.236. The summed E-state index contributed by atoms with van der Waals surface area (Å²) in [5.41, 5.74) is 0.916. The number of ether oxygens (including phenoxy) is 1. The molecule has 0 heterocycles. The van der Waals surface area contributed by atoms with Crippen molar-refractivity contribution in [2.75, 3.05) is 0 Å². The Morgan fingerprint density at radius 3 is 2.44 bits per heavy atom. The molecule has 0 bridgehead atoms. The Morgan fingerprint density at radius 2 is 1.83 bits per heavy atom. The molecule has 2 aromatic carbocycles. The number of halogens is 3. The zero-order chi connectivity index (χ0) is 13.4. The van der Waals surface area contributed by atoms with E-state index in [-0.39, 0.29) is 12.4 Å². The van der Waals surface area contributed by atoms with E-state index >= 15 is 0 Å². The molecule has 18 heavy (non-hydrogen) atoms. The second kappa shape index (κ2) is 8.33. The summed E-state index contributed by atoms with van der Waals surface area (Å²) in [6, 6.07) is 13.6. The number of benzene rings is 2. The maximum absolute atomic E-state index is 13.2. The molecule has 2 aromatic rings. The molecule has 90 valence electrons. The zero-order valence-electron chi connectivity index (χ0n) is 9.50. The predicted octanol–water partition coefficient (Wildman–Crippen LogP) is 4.19. The molecule has 0 atom stereocenters. The van der Waals surface area contributed by atoms with Gasteiger partial charge in [-0.25, -0.2) is 0 Å². The fourth-order valence-corrected chi connectivity index (χ4v) is 1.27. The Hall–Kier alpha value is -0.797. The number of hydrogen-bond acceptors (Lipinski definition) is 1. The molecule has 2 rings (SSSR count). The minimum atomic E-state index is -0.740. The molecule has 0 aromatic heterocycles. The molecule has 0 aliphatic carbocycles. The summed E-state index contributed by atoms with van der Waals surface area (Å²) >= 11 is 4.25. The first-order chi connectivity index (χ1) is 8.75. The SMILES string of the molecule is Fc1c[c-]c(OCc2ccccc2)c(F)c1.[Zn+][Br]. The predicted molar refractivity (Wildman–Crippen MR) is 64.9 cm³/mol. The van der Waals surface area contributed by atoms with Crippen LogP contribution in [0.2, 0.25) is 0 Å². The quantitative estimate of drug-likeness (QED) is 0.586. The van der Waals surface area contributed by atoms with Gasteiger partial charge in [0.2, 0.25) is 0 Å². The van der Waals surface area contributed by atoms with Crippen LogP contribution in [0.1, 0.15) is 5.56 Å². The summed E-state index contributed by atoms with van der Waals surface area (Å²) < 4.78 is 30.9. The molecular formula is C13H9BrF2OZn. The number of rotatable bonds is 3. The first-order valence-corrected chi connectivity index (χ1v) is 12.0. The molecule has 0 unspecified atom stereocenters. The van der Waals surface area contributed by atoms with Gasteiger partial charge < -0.3 is 4.74 Å². The van der Waals surface area contributed by atoms with Crippen LogP contribution in [0.5, 0.6) is 5.75 Å². The van der Waals surface area contributed by atoms with E-state index in [1.807, 2.05) is 30.3 Å². The Kier molecular flexibility index (Phi) is 7.06. The third-order valence-corrected chi connectivity index (χ3v) is 2.05. The number of hydrogen-bond donors (Lipinski definition) is 0. The maximum atomic E-state index is 13.2. The van der Waals surface area contributed by atoms with Gasteiger partial charge in [0.05, 0.1) is 5.82 Å². The summed E-state index contributed by atoms with van der Waals surface area (Å²) in [5.74, 6) is -1.47. The van der Waals surface area contributed by atoms with Crippen molar-refractivity contribution < 1.29 is 29.9 Å². The van der Waals surface area contributed by atoms with Crippen molar-refractivity contribution in [1.29, 1.82) is 0 Å². The molecule has 0 aliphatic heterocycles. The first-order valence-electron chi connectivity index (χ1n) is 5.06. The van der Waals surface area contributed by atoms with Crippen LogP contribution < -0.4 is 4.74 Å². The summed E-state index contributed by atoms with van der Waals surface area (Å²) in [7, 11) is 0.